The van der Waals surface area contributed by atoms with Crippen LogP contribution in [0.2, 0.25) is 0 Å². The van der Waals surface area contributed by atoms with Crippen LogP contribution in [0.4, 0.5) is 0 Å². The van der Waals surface area contributed by atoms with Crippen molar-refractivity contribution in [2.75, 3.05) is 19.6 Å². The van der Waals surface area contributed by atoms with Crippen molar-refractivity contribution < 1.29 is 5.11 Å². The summed E-state index contributed by atoms with van der Waals surface area (Å²) in [5.41, 5.74) is 0. The summed E-state index contributed by atoms with van der Waals surface area (Å²) < 4.78 is 0. The minimum Gasteiger partial charge on any atom is -0.393 e. The van der Waals surface area contributed by atoms with Gasteiger partial charge in [0, 0.05) is 0 Å². The highest BCUT2D eigenvalue weighted by Gasteiger charge is 2.09. The molecule has 2 nitrogen and oxygen atoms in total. The standard InChI is InChI=1S/C10H21NO/c1-10(12)6-5-9-11-7-3-2-4-8-11/h10,12H,2-9H2,1H3. The summed E-state index contributed by atoms with van der Waals surface area (Å²) in [6.07, 6.45) is 6.14. The van der Waals surface area contributed by atoms with Gasteiger partial charge >= 0.3 is 0 Å². The van der Waals surface area contributed by atoms with Crippen molar-refractivity contribution in [3.8, 4) is 0 Å². The van der Waals surface area contributed by atoms with Gasteiger partial charge in [0.05, 0.1) is 6.10 Å². The molecule has 1 N–H and O–H groups in total. The Hall–Kier alpha value is -0.0800. The van der Waals surface area contributed by atoms with Gasteiger partial charge in [-0.1, -0.05) is 6.42 Å². The molecule has 2 heteroatoms. The second-order valence-electron chi connectivity index (χ2n) is 3.89. The van der Waals surface area contributed by atoms with Crippen molar-refractivity contribution in [1.82, 2.24) is 4.90 Å². The van der Waals surface area contributed by atoms with E-state index >= 15 is 0 Å². The molecule has 0 saturated carbocycles. The third-order valence-corrected chi connectivity index (χ3v) is 2.54. The van der Waals surface area contributed by atoms with Gasteiger partial charge in [-0.15, -0.1) is 0 Å². The second-order valence-corrected chi connectivity index (χ2v) is 3.89. The number of nitrogens with zero attached hydrogens (tertiary/aromatic N) is 1. The smallest absolute Gasteiger partial charge is 0.0512 e. The molecule has 0 aliphatic carbocycles. The topological polar surface area (TPSA) is 23.5 Å². The van der Waals surface area contributed by atoms with E-state index in [1.165, 1.54) is 38.9 Å². The van der Waals surface area contributed by atoms with E-state index in [4.69, 9.17) is 5.11 Å². The van der Waals surface area contributed by atoms with Gasteiger partial charge < -0.3 is 10.0 Å². The van der Waals surface area contributed by atoms with Gasteiger partial charge in [-0.25, -0.2) is 0 Å². The Morgan fingerprint density at radius 1 is 1.25 bits per heavy atom. The fraction of sp³-hybridized carbons (Fsp3) is 1.00. The van der Waals surface area contributed by atoms with Crippen LogP contribution >= 0.6 is 0 Å². The molecule has 0 aromatic heterocycles. The summed E-state index contributed by atoms with van der Waals surface area (Å²) in [7, 11) is 0. The highest BCUT2D eigenvalue weighted by atomic mass is 16.3. The van der Waals surface area contributed by atoms with Gasteiger partial charge in [-0.2, -0.15) is 0 Å². The predicted molar refractivity (Wildman–Crippen MR) is 51.2 cm³/mol. The normalized spacial score (nSPS) is 22.5. The predicted octanol–water partition coefficient (Wildman–Crippen LogP) is 1.63. The van der Waals surface area contributed by atoms with Crippen LogP contribution < -0.4 is 0 Å². The molecule has 1 fully saturated rings. The molecule has 72 valence electrons. The molecule has 1 rings (SSSR count). The van der Waals surface area contributed by atoms with Crippen molar-refractivity contribution >= 4 is 0 Å². The molecule has 1 aliphatic heterocycles. The van der Waals surface area contributed by atoms with Gasteiger partial charge in [0.15, 0.2) is 0 Å². The molecule has 1 unspecified atom stereocenters. The summed E-state index contributed by atoms with van der Waals surface area (Å²) >= 11 is 0. The van der Waals surface area contributed by atoms with E-state index in [0.717, 1.165) is 12.8 Å². The number of hydrogen-bond donors (Lipinski definition) is 1. The lowest BCUT2D eigenvalue weighted by atomic mass is 10.1. The summed E-state index contributed by atoms with van der Waals surface area (Å²) in [5, 5.41) is 9.06. The first-order valence-electron chi connectivity index (χ1n) is 5.19. The molecule has 1 aliphatic rings. The Kier molecular flexibility index (Phi) is 4.62. The molecule has 0 radical (unpaired) electrons. The molecule has 0 amide bonds. The average molecular weight is 171 g/mol. The van der Waals surface area contributed by atoms with Gasteiger partial charge in [0.25, 0.3) is 0 Å². The van der Waals surface area contributed by atoms with Crippen LogP contribution in [0.25, 0.3) is 0 Å². The molecule has 0 aromatic carbocycles. The van der Waals surface area contributed by atoms with Crippen molar-refractivity contribution in [3.05, 3.63) is 0 Å². The van der Waals surface area contributed by atoms with E-state index < -0.39 is 0 Å². The minimum atomic E-state index is -0.116. The van der Waals surface area contributed by atoms with Crippen molar-refractivity contribution in [2.24, 2.45) is 0 Å². The second kappa shape index (κ2) is 5.55. The van der Waals surface area contributed by atoms with E-state index in [9.17, 15) is 0 Å². The molecule has 12 heavy (non-hydrogen) atoms. The molecular weight excluding hydrogens is 150 g/mol. The zero-order valence-corrected chi connectivity index (χ0v) is 8.13. The fourth-order valence-electron chi connectivity index (χ4n) is 1.79. The zero-order chi connectivity index (χ0) is 8.81. The molecule has 0 aromatic rings. The average Bonchev–Trinajstić information content (AvgIpc) is 2.05. The van der Waals surface area contributed by atoms with Gasteiger partial charge in [0.2, 0.25) is 0 Å². The maximum Gasteiger partial charge on any atom is 0.0512 e. The van der Waals surface area contributed by atoms with E-state index in [1.54, 1.807) is 0 Å². The largest absolute Gasteiger partial charge is 0.393 e. The van der Waals surface area contributed by atoms with E-state index in [2.05, 4.69) is 4.90 Å². The van der Waals surface area contributed by atoms with Crippen LogP contribution in [0.15, 0.2) is 0 Å². The lowest BCUT2D eigenvalue weighted by molar-refractivity contribution is 0.164. The third kappa shape index (κ3) is 4.07. The SMILES string of the molecule is CC(O)CCCN1CCCCC1. The monoisotopic (exact) mass is 171 g/mol. The summed E-state index contributed by atoms with van der Waals surface area (Å²) in [6.45, 7) is 5.61. The fourth-order valence-corrected chi connectivity index (χ4v) is 1.79. The van der Waals surface area contributed by atoms with Gasteiger partial charge in [-0.05, 0) is 52.2 Å². The molecule has 0 bridgehead atoms. The number of rotatable bonds is 4. The zero-order valence-electron chi connectivity index (χ0n) is 8.13. The minimum absolute atomic E-state index is 0.116. The quantitative estimate of drug-likeness (QED) is 0.695. The Labute approximate surface area is 75.6 Å². The Balaban J connectivity index is 1.98. The van der Waals surface area contributed by atoms with E-state index in [0.29, 0.717) is 0 Å². The molecule has 1 heterocycles. The van der Waals surface area contributed by atoms with E-state index in [-0.39, 0.29) is 6.10 Å². The molecular formula is C10H21NO. The van der Waals surface area contributed by atoms with Crippen LogP contribution in [0, 0.1) is 0 Å². The maximum atomic E-state index is 9.06. The lowest BCUT2D eigenvalue weighted by Crippen LogP contribution is -2.30. The van der Waals surface area contributed by atoms with Gasteiger partial charge in [-0.3, -0.25) is 0 Å². The number of piperidine rings is 1. The molecule has 0 spiro atoms. The van der Waals surface area contributed by atoms with Crippen LogP contribution in [-0.2, 0) is 0 Å². The van der Waals surface area contributed by atoms with Gasteiger partial charge in [0.1, 0.15) is 0 Å². The number of likely N-dealkylation sites (tertiary alicyclic amines) is 1. The lowest BCUT2D eigenvalue weighted by Gasteiger charge is -2.26. The van der Waals surface area contributed by atoms with Crippen LogP contribution in [-0.4, -0.2) is 35.7 Å². The maximum absolute atomic E-state index is 9.06. The number of aliphatic hydroxyl groups is 1. The Morgan fingerprint density at radius 3 is 2.50 bits per heavy atom. The Morgan fingerprint density at radius 2 is 1.92 bits per heavy atom. The number of aliphatic hydroxyl groups excluding tert-OH is 1. The van der Waals surface area contributed by atoms with Crippen molar-refractivity contribution in [3.63, 3.8) is 0 Å². The highest BCUT2D eigenvalue weighted by molar-refractivity contribution is 4.64. The van der Waals surface area contributed by atoms with Crippen LogP contribution in [0.1, 0.15) is 39.0 Å². The highest BCUT2D eigenvalue weighted by Crippen LogP contribution is 2.09. The third-order valence-electron chi connectivity index (χ3n) is 2.54. The van der Waals surface area contributed by atoms with Crippen LogP contribution in [0.5, 0.6) is 0 Å². The number of hydrogen-bond acceptors (Lipinski definition) is 2. The molecule has 1 saturated heterocycles. The van der Waals surface area contributed by atoms with Crippen LogP contribution in [0.3, 0.4) is 0 Å². The summed E-state index contributed by atoms with van der Waals surface area (Å²) in [6, 6.07) is 0. The van der Waals surface area contributed by atoms with E-state index in [1.807, 2.05) is 6.92 Å². The summed E-state index contributed by atoms with van der Waals surface area (Å²) in [5.74, 6) is 0. The first-order chi connectivity index (χ1) is 5.79. The van der Waals surface area contributed by atoms with Crippen molar-refractivity contribution in [1.29, 1.82) is 0 Å². The molecule has 1 atom stereocenters. The first kappa shape index (κ1) is 10.0. The Bertz CT molecular complexity index is 108. The summed E-state index contributed by atoms with van der Waals surface area (Å²) in [4.78, 5) is 2.52. The first-order valence-corrected chi connectivity index (χ1v) is 5.19. The van der Waals surface area contributed by atoms with Crippen molar-refractivity contribution in [2.45, 2.75) is 45.1 Å².